The fourth-order valence-corrected chi connectivity index (χ4v) is 2.48. The van der Waals surface area contributed by atoms with Crippen molar-refractivity contribution < 1.29 is 4.74 Å². The van der Waals surface area contributed by atoms with E-state index in [1.807, 2.05) is 18.3 Å². The third kappa shape index (κ3) is 3.01. The molecule has 0 saturated heterocycles. The van der Waals surface area contributed by atoms with Gasteiger partial charge in [-0.3, -0.25) is 0 Å². The van der Waals surface area contributed by atoms with Gasteiger partial charge in [-0.15, -0.1) is 11.3 Å². The summed E-state index contributed by atoms with van der Waals surface area (Å²) in [7, 11) is 0. The first kappa shape index (κ1) is 12.5. The minimum atomic E-state index is 0.530. The summed E-state index contributed by atoms with van der Waals surface area (Å²) in [6.07, 6.45) is 1.86. The number of hydrogen-bond donors (Lipinski definition) is 1. The van der Waals surface area contributed by atoms with Crippen molar-refractivity contribution in [3.63, 3.8) is 0 Å². The van der Waals surface area contributed by atoms with Crippen LogP contribution in [0.15, 0.2) is 24.4 Å². The number of hydrogen-bond acceptors (Lipinski definition) is 4. The molecule has 0 fully saturated rings. The van der Waals surface area contributed by atoms with Gasteiger partial charge in [0.25, 0.3) is 0 Å². The number of ether oxygens (including phenoxy) is 1. The average Bonchev–Trinajstić information content (AvgIpc) is 2.79. The first-order valence-corrected chi connectivity index (χ1v) is 6.89. The first-order chi connectivity index (χ1) is 8.20. The maximum atomic E-state index is 5.78. The highest BCUT2D eigenvalue weighted by Crippen LogP contribution is 2.23. The molecule has 0 aliphatic heterocycles. The van der Waals surface area contributed by atoms with E-state index in [9.17, 15) is 0 Å². The van der Waals surface area contributed by atoms with Crippen molar-refractivity contribution in [3.05, 3.63) is 45.4 Å². The van der Waals surface area contributed by atoms with Gasteiger partial charge in [0, 0.05) is 16.8 Å². The Balaban J connectivity index is 2.04. The lowest BCUT2D eigenvalue weighted by Crippen LogP contribution is -1.97. The van der Waals surface area contributed by atoms with Gasteiger partial charge in [-0.05, 0) is 31.0 Å². The molecular weight excluding hydrogens is 250 g/mol. The van der Waals surface area contributed by atoms with Crippen LogP contribution in [0.3, 0.4) is 0 Å². The van der Waals surface area contributed by atoms with Crippen LogP contribution in [0.1, 0.15) is 21.0 Å². The Kier molecular flexibility index (Phi) is 4.07. The molecule has 0 N–H and O–H groups in total. The molecule has 0 atom stereocenters. The van der Waals surface area contributed by atoms with E-state index in [0.717, 1.165) is 16.5 Å². The van der Waals surface area contributed by atoms with Gasteiger partial charge in [-0.25, -0.2) is 4.98 Å². The standard InChI is InChI=1S/C13H15NOS2/c1-9-4-3-5-12(10(9)2)15-7-13-14-6-11(8-16)17-13/h3-6,16H,7-8H2,1-2H3. The third-order valence-electron chi connectivity index (χ3n) is 2.66. The molecule has 2 rings (SSSR count). The maximum absolute atomic E-state index is 5.78. The minimum Gasteiger partial charge on any atom is -0.486 e. The first-order valence-electron chi connectivity index (χ1n) is 5.44. The lowest BCUT2D eigenvalue weighted by molar-refractivity contribution is 0.303. The number of thiazole rings is 1. The van der Waals surface area contributed by atoms with Crippen LogP contribution in [0.5, 0.6) is 5.75 Å². The van der Waals surface area contributed by atoms with Crippen molar-refractivity contribution in [2.45, 2.75) is 26.2 Å². The molecule has 4 heteroatoms. The van der Waals surface area contributed by atoms with Crippen molar-refractivity contribution in [2.75, 3.05) is 0 Å². The molecule has 0 bridgehead atoms. The second kappa shape index (κ2) is 5.56. The lowest BCUT2D eigenvalue weighted by atomic mass is 10.1. The molecule has 0 saturated carbocycles. The third-order valence-corrected chi connectivity index (χ3v) is 4.19. The highest BCUT2D eigenvalue weighted by Gasteiger charge is 2.04. The highest BCUT2D eigenvalue weighted by molar-refractivity contribution is 7.79. The fraction of sp³-hybridized carbons (Fsp3) is 0.308. The van der Waals surface area contributed by atoms with Gasteiger partial charge in [0.1, 0.15) is 17.4 Å². The molecule has 0 spiro atoms. The topological polar surface area (TPSA) is 22.1 Å². The summed E-state index contributed by atoms with van der Waals surface area (Å²) in [5.41, 5.74) is 2.44. The van der Waals surface area contributed by atoms with Crippen LogP contribution >= 0.6 is 24.0 Å². The van der Waals surface area contributed by atoms with E-state index in [-0.39, 0.29) is 0 Å². The van der Waals surface area contributed by atoms with E-state index in [4.69, 9.17) is 4.74 Å². The van der Waals surface area contributed by atoms with Crippen molar-refractivity contribution >= 4 is 24.0 Å². The van der Waals surface area contributed by atoms with Gasteiger partial charge in [0.2, 0.25) is 0 Å². The largest absolute Gasteiger partial charge is 0.486 e. The van der Waals surface area contributed by atoms with E-state index in [1.54, 1.807) is 11.3 Å². The Hall–Kier alpha value is -1.000. The molecule has 0 radical (unpaired) electrons. The molecule has 1 heterocycles. The molecule has 1 aromatic heterocycles. The summed E-state index contributed by atoms with van der Waals surface area (Å²) < 4.78 is 5.78. The second-order valence-corrected chi connectivity index (χ2v) is 5.38. The van der Waals surface area contributed by atoms with Crippen molar-refractivity contribution in [1.82, 2.24) is 4.98 Å². The molecule has 17 heavy (non-hydrogen) atoms. The predicted octanol–water partition coefficient (Wildman–Crippen LogP) is 3.77. The molecule has 2 nitrogen and oxygen atoms in total. The van der Waals surface area contributed by atoms with E-state index in [2.05, 4.69) is 37.5 Å². The summed E-state index contributed by atoms with van der Waals surface area (Å²) >= 11 is 5.87. The second-order valence-electron chi connectivity index (χ2n) is 3.87. The van der Waals surface area contributed by atoms with Gasteiger partial charge in [0.15, 0.2) is 0 Å². The summed E-state index contributed by atoms with van der Waals surface area (Å²) in [5, 5.41) is 0.995. The lowest BCUT2D eigenvalue weighted by Gasteiger charge is -2.09. The molecule has 1 aromatic carbocycles. The van der Waals surface area contributed by atoms with Crippen molar-refractivity contribution in [1.29, 1.82) is 0 Å². The van der Waals surface area contributed by atoms with Crippen LogP contribution in [-0.4, -0.2) is 4.98 Å². The van der Waals surface area contributed by atoms with Gasteiger partial charge in [0.05, 0.1) is 0 Å². The highest BCUT2D eigenvalue weighted by atomic mass is 32.1. The Morgan fingerprint density at radius 3 is 2.88 bits per heavy atom. The van der Waals surface area contributed by atoms with Crippen molar-refractivity contribution in [2.24, 2.45) is 0 Å². The molecule has 90 valence electrons. The van der Waals surface area contributed by atoms with Gasteiger partial charge in [-0.2, -0.15) is 12.6 Å². The summed E-state index contributed by atoms with van der Waals surface area (Å²) in [6, 6.07) is 6.10. The number of nitrogens with zero attached hydrogens (tertiary/aromatic N) is 1. The van der Waals surface area contributed by atoms with Gasteiger partial charge in [-0.1, -0.05) is 12.1 Å². The Morgan fingerprint density at radius 2 is 2.18 bits per heavy atom. The monoisotopic (exact) mass is 265 g/mol. The molecule has 0 unspecified atom stereocenters. The van der Waals surface area contributed by atoms with Crippen LogP contribution in [0.4, 0.5) is 0 Å². The number of aryl methyl sites for hydroxylation is 1. The zero-order valence-corrected chi connectivity index (χ0v) is 11.6. The maximum Gasteiger partial charge on any atom is 0.140 e. The summed E-state index contributed by atoms with van der Waals surface area (Å²) in [6.45, 7) is 4.69. The number of aromatic nitrogens is 1. The molecule has 2 aromatic rings. The van der Waals surface area contributed by atoms with E-state index in [0.29, 0.717) is 6.61 Å². The summed E-state index contributed by atoms with van der Waals surface area (Å²) in [4.78, 5) is 5.47. The van der Waals surface area contributed by atoms with Crippen LogP contribution in [-0.2, 0) is 12.4 Å². The van der Waals surface area contributed by atoms with E-state index < -0.39 is 0 Å². The quantitative estimate of drug-likeness (QED) is 0.850. The van der Waals surface area contributed by atoms with Crippen LogP contribution in [0, 0.1) is 13.8 Å². The van der Waals surface area contributed by atoms with Crippen LogP contribution in [0.25, 0.3) is 0 Å². The van der Waals surface area contributed by atoms with E-state index in [1.165, 1.54) is 16.0 Å². The molecule has 0 amide bonds. The Morgan fingerprint density at radius 1 is 1.35 bits per heavy atom. The normalized spacial score (nSPS) is 10.5. The average molecular weight is 265 g/mol. The minimum absolute atomic E-state index is 0.530. The predicted molar refractivity (Wildman–Crippen MR) is 75.1 cm³/mol. The zero-order valence-electron chi connectivity index (χ0n) is 9.93. The molecule has 0 aliphatic carbocycles. The van der Waals surface area contributed by atoms with Gasteiger partial charge >= 0.3 is 0 Å². The van der Waals surface area contributed by atoms with Gasteiger partial charge < -0.3 is 4.74 Å². The number of benzene rings is 1. The Labute approximate surface area is 111 Å². The molecular formula is C13H15NOS2. The van der Waals surface area contributed by atoms with E-state index >= 15 is 0 Å². The van der Waals surface area contributed by atoms with Crippen molar-refractivity contribution in [3.8, 4) is 5.75 Å². The van der Waals surface area contributed by atoms with Crippen LogP contribution in [0.2, 0.25) is 0 Å². The molecule has 0 aliphatic rings. The SMILES string of the molecule is Cc1cccc(OCc2ncc(CS)s2)c1C. The smallest absolute Gasteiger partial charge is 0.140 e. The fourth-order valence-electron chi connectivity index (χ4n) is 1.51. The number of rotatable bonds is 4. The van der Waals surface area contributed by atoms with Crippen LogP contribution < -0.4 is 4.74 Å². The summed E-state index contributed by atoms with van der Waals surface area (Å²) in [5.74, 6) is 1.67. The number of thiol groups is 1. The zero-order chi connectivity index (χ0) is 12.3. The Bertz CT molecular complexity index is 508.